The van der Waals surface area contributed by atoms with E-state index in [4.69, 9.17) is 15.2 Å². The Labute approximate surface area is 85.8 Å². The maximum atomic E-state index is 11.2. The lowest BCUT2D eigenvalue weighted by molar-refractivity contribution is -0.151. The van der Waals surface area contributed by atoms with Gasteiger partial charge in [0.25, 0.3) is 0 Å². The zero-order chi connectivity index (χ0) is 11.4. The van der Waals surface area contributed by atoms with E-state index in [2.05, 4.69) is 0 Å². The first-order valence-corrected chi connectivity index (χ1v) is 4.88. The van der Waals surface area contributed by atoms with Crippen LogP contribution >= 0.6 is 0 Å². The van der Waals surface area contributed by atoms with Gasteiger partial charge in [-0.05, 0) is 34.6 Å². The molecule has 0 aliphatic heterocycles. The molecule has 4 nitrogen and oxygen atoms in total. The minimum Gasteiger partial charge on any atom is -0.465 e. The smallest absolute Gasteiger partial charge is 0.325 e. The summed E-state index contributed by atoms with van der Waals surface area (Å²) in [4.78, 5) is 11.2. The quantitative estimate of drug-likeness (QED) is 0.694. The van der Waals surface area contributed by atoms with Crippen LogP contribution < -0.4 is 5.73 Å². The molecule has 0 spiro atoms. The van der Waals surface area contributed by atoms with Crippen LogP contribution in [0, 0.1) is 0 Å². The zero-order valence-corrected chi connectivity index (χ0v) is 9.66. The summed E-state index contributed by atoms with van der Waals surface area (Å²) in [5, 5.41) is 0. The maximum absolute atomic E-state index is 11.2. The van der Waals surface area contributed by atoms with Crippen molar-refractivity contribution in [2.75, 3.05) is 6.61 Å². The van der Waals surface area contributed by atoms with E-state index in [1.807, 2.05) is 20.8 Å². The van der Waals surface area contributed by atoms with Gasteiger partial charge in [-0.25, -0.2) is 0 Å². The zero-order valence-electron chi connectivity index (χ0n) is 9.66. The fraction of sp³-hybridized carbons (Fsp3) is 0.900. The normalized spacial score (nSPS) is 16.1. The van der Waals surface area contributed by atoms with Gasteiger partial charge >= 0.3 is 5.97 Å². The number of nitrogens with two attached hydrogens (primary N) is 1. The molecule has 0 aliphatic rings. The molecule has 0 saturated heterocycles. The Morgan fingerprint density at radius 1 is 1.43 bits per heavy atom. The van der Waals surface area contributed by atoms with Crippen LogP contribution in [0.4, 0.5) is 0 Å². The van der Waals surface area contributed by atoms with E-state index < -0.39 is 12.0 Å². The summed E-state index contributed by atoms with van der Waals surface area (Å²) in [7, 11) is 0. The molecule has 0 radical (unpaired) electrons. The summed E-state index contributed by atoms with van der Waals surface area (Å²) >= 11 is 0. The molecule has 0 amide bonds. The SMILES string of the molecule is CCOC(=O)[C@H](N)[C@H](C)OC(C)(C)C. The number of hydrogen-bond acceptors (Lipinski definition) is 4. The average molecular weight is 203 g/mol. The molecule has 14 heavy (non-hydrogen) atoms. The Morgan fingerprint density at radius 2 is 1.93 bits per heavy atom. The van der Waals surface area contributed by atoms with E-state index in [-0.39, 0.29) is 11.7 Å². The molecule has 0 aromatic heterocycles. The van der Waals surface area contributed by atoms with E-state index in [9.17, 15) is 4.79 Å². The van der Waals surface area contributed by atoms with Gasteiger partial charge in [-0.1, -0.05) is 0 Å². The van der Waals surface area contributed by atoms with Gasteiger partial charge in [-0.15, -0.1) is 0 Å². The predicted molar refractivity (Wildman–Crippen MR) is 54.9 cm³/mol. The van der Waals surface area contributed by atoms with Crippen molar-refractivity contribution in [1.29, 1.82) is 0 Å². The summed E-state index contributed by atoms with van der Waals surface area (Å²) in [6.45, 7) is 9.62. The highest BCUT2D eigenvalue weighted by molar-refractivity contribution is 5.76. The van der Waals surface area contributed by atoms with Crippen molar-refractivity contribution in [1.82, 2.24) is 0 Å². The van der Waals surface area contributed by atoms with Crippen molar-refractivity contribution in [3.63, 3.8) is 0 Å². The Balaban J connectivity index is 4.11. The lowest BCUT2D eigenvalue weighted by Crippen LogP contribution is -2.45. The third-order valence-electron chi connectivity index (χ3n) is 1.60. The van der Waals surface area contributed by atoms with Gasteiger partial charge in [0.2, 0.25) is 0 Å². The summed E-state index contributed by atoms with van der Waals surface area (Å²) in [6, 6.07) is -0.714. The van der Waals surface area contributed by atoms with Crippen LogP contribution in [-0.2, 0) is 14.3 Å². The van der Waals surface area contributed by atoms with E-state index in [0.29, 0.717) is 6.61 Å². The molecule has 0 heterocycles. The highest BCUT2D eigenvalue weighted by Gasteiger charge is 2.26. The fourth-order valence-electron chi connectivity index (χ4n) is 1.06. The van der Waals surface area contributed by atoms with Crippen molar-refractivity contribution < 1.29 is 14.3 Å². The lowest BCUT2D eigenvalue weighted by atomic mass is 10.1. The molecule has 0 rings (SSSR count). The molecule has 4 heteroatoms. The van der Waals surface area contributed by atoms with Gasteiger partial charge in [0.15, 0.2) is 0 Å². The van der Waals surface area contributed by atoms with Gasteiger partial charge in [0.05, 0.1) is 18.3 Å². The molecule has 2 atom stereocenters. The first-order valence-electron chi connectivity index (χ1n) is 4.88. The summed E-state index contributed by atoms with van der Waals surface area (Å²) in [6.07, 6.45) is -0.339. The lowest BCUT2D eigenvalue weighted by Gasteiger charge is -2.27. The van der Waals surface area contributed by atoms with Crippen molar-refractivity contribution in [3.8, 4) is 0 Å². The molecule has 0 fully saturated rings. The molecule has 0 bridgehead atoms. The molecule has 0 aliphatic carbocycles. The van der Waals surface area contributed by atoms with Crippen molar-refractivity contribution in [2.24, 2.45) is 5.73 Å². The molecule has 0 aromatic rings. The molecule has 0 unspecified atom stereocenters. The Hall–Kier alpha value is -0.610. The number of ether oxygens (including phenoxy) is 2. The predicted octanol–water partition coefficient (Wildman–Crippen LogP) is 1.08. The molecular formula is C10H21NO3. The number of esters is 1. The van der Waals surface area contributed by atoms with Crippen LogP contribution in [0.5, 0.6) is 0 Å². The van der Waals surface area contributed by atoms with Crippen LogP contribution in [0.1, 0.15) is 34.6 Å². The third-order valence-corrected chi connectivity index (χ3v) is 1.60. The summed E-state index contributed by atoms with van der Waals surface area (Å²) in [5.41, 5.74) is 5.35. The molecular weight excluding hydrogens is 182 g/mol. The second-order valence-electron chi connectivity index (χ2n) is 4.21. The van der Waals surface area contributed by atoms with Crippen LogP contribution in [0.3, 0.4) is 0 Å². The number of carbonyl (C=O) groups excluding carboxylic acids is 1. The fourth-order valence-corrected chi connectivity index (χ4v) is 1.06. The van der Waals surface area contributed by atoms with E-state index in [1.54, 1.807) is 13.8 Å². The molecule has 0 aromatic carbocycles. The second kappa shape index (κ2) is 5.32. The first-order chi connectivity index (χ1) is 6.28. The van der Waals surface area contributed by atoms with Gasteiger partial charge in [0.1, 0.15) is 6.04 Å². The largest absolute Gasteiger partial charge is 0.465 e. The van der Waals surface area contributed by atoms with Gasteiger partial charge < -0.3 is 15.2 Å². The Morgan fingerprint density at radius 3 is 2.29 bits per heavy atom. The third kappa shape index (κ3) is 5.19. The topological polar surface area (TPSA) is 61.5 Å². The molecule has 2 N–H and O–H groups in total. The van der Waals surface area contributed by atoms with Crippen LogP contribution in [0.15, 0.2) is 0 Å². The van der Waals surface area contributed by atoms with Crippen molar-refractivity contribution in [2.45, 2.75) is 52.4 Å². The van der Waals surface area contributed by atoms with E-state index >= 15 is 0 Å². The van der Waals surface area contributed by atoms with E-state index in [0.717, 1.165) is 0 Å². The van der Waals surface area contributed by atoms with Gasteiger partial charge in [-0.3, -0.25) is 4.79 Å². The second-order valence-corrected chi connectivity index (χ2v) is 4.21. The Bertz CT molecular complexity index is 186. The molecule has 84 valence electrons. The number of hydrogen-bond donors (Lipinski definition) is 1. The first kappa shape index (κ1) is 13.4. The highest BCUT2D eigenvalue weighted by Crippen LogP contribution is 2.12. The summed E-state index contributed by atoms with van der Waals surface area (Å²) < 4.78 is 10.3. The van der Waals surface area contributed by atoms with Crippen LogP contribution in [-0.4, -0.2) is 30.3 Å². The van der Waals surface area contributed by atoms with Crippen molar-refractivity contribution >= 4 is 5.97 Å². The van der Waals surface area contributed by atoms with Gasteiger partial charge in [0, 0.05) is 0 Å². The number of rotatable bonds is 4. The van der Waals surface area contributed by atoms with E-state index in [1.165, 1.54) is 0 Å². The minimum atomic E-state index is -0.714. The monoisotopic (exact) mass is 203 g/mol. The van der Waals surface area contributed by atoms with Gasteiger partial charge in [-0.2, -0.15) is 0 Å². The molecule has 0 saturated carbocycles. The average Bonchev–Trinajstić information content (AvgIpc) is 2.00. The van der Waals surface area contributed by atoms with Crippen LogP contribution in [0.25, 0.3) is 0 Å². The standard InChI is InChI=1S/C10H21NO3/c1-6-13-9(12)8(11)7(2)14-10(3,4)5/h7-8H,6,11H2,1-5H3/t7-,8+/m0/s1. The van der Waals surface area contributed by atoms with Crippen LogP contribution in [0.2, 0.25) is 0 Å². The number of carbonyl (C=O) groups is 1. The summed E-state index contributed by atoms with van der Waals surface area (Å²) in [5.74, 6) is -0.413. The maximum Gasteiger partial charge on any atom is 0.325 e. The highest BCUT2D eigenvalue weighted by atomic mass is 16.5. The van der Waals surface area contributed by atoms with Crippen molar-refractivity contribution in [3.05, 3.63) is 0 Å². The minimum absolute atomic E-state index is 0.302. The Kier molecular flexibility index (Phi) is 5.08.